The number of amides is 2. The Morgan fingerprint density at radius 1 is 1.44 bits per heavy atom. The maximum absolute atomic E-state index is 11.3. The Bertz CT molecular complexity index is 457. The minimum atomic E-state index is -4.75. The minimum absolute atomic E-state index is 0.0710. The molecule has 16 heavy (non-hydrogen) atoms. The Balaban J connectivity index is 3.09. The monoisotopic (exact) mass is 271 g/mol. The summed E-state index contributed by atoms with van der Waals surface area (Å²) in [4.78, 5) is 37.0. The van der Waals surface area contributed by atoms with Gasteiger partial charge in [0.25, 0.3) is 21.9 Å². The lowest BCUT2D eigenvalue weighted by Crippen LogP contribution is -2.35. The first-order valence-electron chi connectivity index (χ1n) is 3.87. The van der Waals surface area contributed by atoms with Gasteiger partial charge in [-0.15, -0.1) is 0 Å². The van der Waals surface area contributed by atoms with E-state index in [9.17, 15) is 22.8 Å². The van der Waals surface area contributed by atoms with E-state index in [0.29, 0.717) is 0 Å². The zero-order valence-electron chi connectivity index (χ0n) is 7.78. The van der Waals surface area contributed by atoms with Crippen molar-refractivity contribution in [3.63, 3.8) is 0 Å². The fourth-order valence-electron chi connectivity index (χ4n) is 1.30. The number of nitrogens with zero attached hydrogens (tertiary/aromatic N) is 1. The van der Waals surface area contributed by atoms with E-state index in [1.807, 2.05) is 0 Å². The van der Waals surface area contributed by atoms with Crippen LogP contribution in [-0.2, 0) is 24.5 Å². The van der Waals surface area contributed by atoms with Crippen LogP contribution in [0.4, 0.5) is 4.79 Å². The number of hydrogen-bond acceptors (Lipinski definition) is 6. The van der Waals surface area contributed by atoms with Crippen molar-refractivity contribution in [3.05, 3.63) is 0 Å². The Morgan fingerprint density at radius 3 is 2.25 bits per heavy atom. The first kappa shape index (κ1) is 12.9. The maximum atomic E-state index is 11.3. The molecule has 90 valence electrons. The molecule has 10 heteroatoms. The number of carbonyl (C=O) groups excluding carboxylic acids is 3. The second kappa shape index (κ2) is 4.00. The predicted molar refractivity (Wildman–Crippen MR) is 48.7 cm³/mol. The van der Waals surface area contributed by atoms with Crippen molar-refractivity contribution in [1.82, 2.24) is 5.06 Å². The molecule has 1 fully saturated rings. The largest absolute Gasteiger partial charge is 0.428 e. The molecule has 1 aliphatic rings. The molecule has 0 bridgehead atoms. The van der Waals surface area contributed by atoms with E-state index in [0.717, 1.165) is 6.92 Å². The SMILES string of the molecule is CC1C(=O)N(OC(=O)Cl)C(=O)C1S(=O)(=O)O. The van der Waals surface area contributed by atoms with Crippen LogP contribution in [-0.4, -0.2) is 40.5 Å². The van der Waals surface area contributed by atoms with Gasteiger partial charge in [-0.25, -0.2) is 4.79 Å². The molecule has 1 heterocycles. The van der Waals surface area contributed by atoms with E-state index in [1.54, 1.807) is 0 Å². The second-order valence-electron chi connectivity index (χ2n) is 3.02. The molecule has 0 aromatic rings. The third kappa shape index (κ3) is 2.15. The predicted octanol–water partition coefficient (Wildman–Crippen LogP) is -0.462. The lowest BCUT2D eigenvalue weighted by atomic mass is 10.1. The van der Waals surface area contributed by atoms with Crippen LogP contribution < -0.4 is 0 Å². The smallest absolute Gasteiger partial charge is 0.315 e. The van der Waals surface area contributed by atoms with Gasteiger partial charge in [0.1, 0.15) is 0 Å². The first-order valence-corrected chi connectivity index (χ1v) is 5.76. The molecule has 2 atom stereocenters. The van der Waals surface area contributed by atoms with E-state index < -0.39 is 38.5 Å². The minimum Gasteiger partial charge on any atom is -0.315 e. The third-order valence-electron chi connectivity index (χ3n) is 1.97. The molecule has 2 unspecified atom stereocenters. The molecule has 0 aliphatic carbocycles. The van der Waals surface area contributed by atoms with Crippen molar-refractivity contribution in [1.29, 1.82) is 0 Å². The number of hydroxylamine groups is 2. The van der Waals surface area contributed by atoms with Crippen LogP contribution in [0, 0.1) is 5.92 Å². The van der Waals surface area contributed by atoms with Crippen molar-refractivity contribution >= 4 is 39.0 Å². The summed E-state index contributed by atoms with van der Waals surface area (Å²) in [5, 5.41) is -2.05. The van der Waals surface area contributed by atoms with Gasteiger partial charge >= 0.3 is 5.43 Å². The van der Waals surface area contributed by atoms with Crippen LogP contribution in [0.2, 0.25) is 0 Å². The molecule has 0 radical (unpaired) electrons. The number of rotatable bonds is 2. The Morgan fingerprint density at radius 2 is 1.94 bits per heavy atom. The van der Waals surface area contributed by atoms with Gasteiger partial charge in [-0.1, -0.05) is 12.0 Å². The van der Waals surface area contributed by atoms with E-state index >= 15 is 0 Å². The molecule has 1 rings (SSSR count). The van der Waals surface area contributed by atoms with E-state index in [-0.39, 0.29) is 5.06 Å². The van der Waals surface area contributed by atoms with Gasteiger partial charge in [-0.2, -0.15) is 8.42 Å². The molecule has 0 aromatic heterocycles. The molecule has 2 amide bonds. The topological polar surface area (TPSA) is 118 Å². The van der Waals surface area contributed by atoms with Gasteiger partial charge in [0.05, 0.1) is 5.92 Å². The van der Waals surface area contributed by atoms with Gasteiger partial charge in [-0.05, 0) is 0 Å². The summed E-state index contributed by atoms with van der Waals surface area (Å²) in [6.45, 7) is 1.10. The summed E-state index contributed by atoms with van der Waals surface area (Å²) in [7, 11) is -4.75. The highest BCUT2D eigenvalue weighted by Gasteiger charge is 2.54. The summed E-state index contributed by atoms with van der Waals surface area (Å²) in [6.07, 6.45) is 0. The highest BCUT2D eigenvalue weighted by atomic mass is 35.5. The first-order chi connectivity index (χ1) is 7.16. The van der Waals surface area contributed by atoms with Crippen LogP contribution >= 0.6 is 11.6 Å². The van der Waals surface area contributed by atoms with Crippen molar-refractivity contribution in [2.75, 3.05) is 0 Å². The number of halogens is 1. The highest BCUT2D eigenvalue weighted by Crippen LogP contribution is 2.25. The Kier molecular flexibility index (Phi) is 3.22. The van der Waals surface area contributed by atoms with Gasteiger partial charge in [0, 0.05) is 11.6 Å². The van der Waals surface area contributed by atoms with Gasteiger partial charge < -0.3 is 4.84 Å². The van der Waals surface area contributed by atoms with Crippen molar-refractivity contribution in [3.8, 4) is 0 Å². The number of carbonyl (C=O) groups is 3. The number of hydrogen-bond donors (Lipinski definition) is 1. The molecule has 0 spiro atoms. The normalized spacial score (nSPS) is 26.1. The van der Waals surface area contributed by atoms with Crippen LogP contribution in [0.15, 0.2) is 0 Å². The van der Waals surface area contributed by atoms with Crippen molar-refractivity contribution < 1.29 is 32.2 Å². The van der Waals surface area contributed by atoms with Crippen LogP contribution in [0.25, 0.3) is 0 Å². The highest BCUT2D eigenvalue weighted by molar-refractivity contribution is 7.87. The molecule has 8 nitrogen and oxygen atoms in total. The van der Waals surface area contributed by atoms with Crippen molar-refractivity contribution in [2.45, 2.75) is 12.2 Å². The molecule has 1 aliphatic heterocycles. The van der Waals surface area contributed by atoms with Gasteiger partial charge in [0.15, 0.2) is 5.25 Å². The summed E-state index contributed by atoms with van der Waals surface area (Å²) in [5.41, 5.74) is -1.47. The second-order valence-corrected chi connectivity index (χ2v) is 4.87. The molecule has 1 saturated heterocycles. The summed E-state index contributed by atoms with van der Waals surface area (Å²) < 4.78 is 30.4. The average molecular weight is 272 g/mol. The third-order valence-corrected chi connectivity index (χ3v) is 3.29. The fraction of sp³-hybridized carbons (Fsp3) is 0.500. The lowest BCUT2D eigenvalue weighted by Gasteiger charge is -2.09. The zero-order valence-corrected chi connectivity index (χ0v) is 9.36. The summed E-state index contributed by atoms with van der Waals surface area (Å²) in [5.74, 6) is -3.77. The standard InChI is InChI=1S/C6H6ClNO7S/c1-2-3(16(12,13)14)5(10)8(4(2)9)15-6(7)11/h2-3H,1H3,(H,12,13,14). The Labute approximate surface area is 94.8 Å². The zero-order chi connectivity index (χ0) is 12.7. The van der Waals surface area contributed by atoms with Crippen LogP contribution in [0.3, 0.4) is 0 Å². The molecular formula is C6H6ClNO7S. The van der Waals surface area contributed by atoms with E-state index in [1.165, 1.54) is 0 Å². The van der Waals surface area contributed by atoms with Crippen LogP contribution in [0.1, 0.15) is 6.92 Å². The molecule has 0 aromatic carbocycles. The van der Waals surface area contributed by atoms with Gasteiger partial charge in [-0.3, -0.25) is 14.1 Å². The quantitative estimate of drug-likeness (QED) is 0.410. The van der Waals surface area contributed by atoms with E-state index in [4.69, 9.17) is 16.2 Å². The molecule has 1 N–H and O–H groups in total. The van der Waals surface area contributed by atoms with Crippen LogP contribution in [0.5, 0.6) is 0 Å². The molecule has 0 saturated carbocycles. The van der Waals surface area contributed by atoms with Crippen molar-refractivity contribution in [2.24, 2.45) is 5.92 Å². The van der Waals surface area contributed by atoms with E-state index in [2.05, 4.69) is 4.84 Å². The summed E-state index contributed by atoms with van der Waals surface area (Å²) in [6, 6.07) is 0. The average Bonchev–Trinajstić information content (AvgIpc) is 2.28. The van der Waals surface area contributed by atoms with Gasteiger partial charge in [0.2, 0.25) is 0 Å². The summed E-state index contributed by atoms with van der Waals surface area (Å²) >= 11 is 4.78. The molecular weight excluding hydrogens is 266 g/mol. The Hall–Kier alpha value is -1.19. The lowest BCUT2D eigenvalue weighted by molar-refractivity contribution is -0.170. The maximum Gasteiger partial charge on any atom is 0.428 e. The number of imide groups is 1. The fourth-order valence-corrected chi connectivity index (χ4v) is 2.35.